The minimum absolute atomic E-state index is 0.450. The number of anilines is 1. The second-order valence-electron chi connectivity index (χ2n) is 3.40. The van der Waals surface area contributed by atoms with Crippen LogP contribution in [0.15, 0.2) is 27.6 Å². The number of nitrogens with two attached hydrogens (primary N) is 1. The molecule has 1 unspecified atom stereocenters. The van der Waals surface area contributed by atoms with Crippen molar-refractivity contribution in [1.82, 2.24) is 0 Å². The molecule has 0 spiro atoms. The van der Waals surface area contributed by atoms with E-state index in [1.165, 1.54) is 10.6 Å². The molecule has 0 saturated heterocycles. The quantitative estimate of drug-likeness (QED) is 0.851. The lowest BCUT2D eigenvalue weighted by Gasteiger charge is -2.35. The highest BCUT2D eigenvalue weighted by molar-refractivity contribution is 9.10. The number of fused-ring (bicyclic) bond motifs is 1. The summed E-state index contributed by atoms with van der Waals surface area (Å²) in [6.07, 6.45) is 0. The number of nitrogens with zero attached hydrogens (tertiary/aromatic N) is 1. The predicted octanol–water partition coefficient (Wildman–Crippen LogP) is 2.32. The standard InChI is InChI=1S/C10H13BrN2S/c1-13-7(5-12)6-14-9-4-2-3-8(11)10(9)13/h2-4,7H,5-6,12H2,1H3. The number of halogens is 1. The van der Waals surface area contributed by atoms with Crippen molar-refractivity contribution in [3.63, 3.8) is 0 Å². The molecule has 1 atom stereocenters. The Morgan fingerprint density at radius 3 is 3.14 bits per heavy atom. The molecule has 0 saturated carbocycles. The number of para-hydroxylation sites is 1. The minimum atomic E-state index is 0.450. The van der Waals surface area contributed by atoms with Crippen LogP contribution < -0.4 is 10.6 Å². The number of hydrogen-bond acceptors (Lipinski definition) is 3. The maximum absolute atomic E-state index is 5.73. The van der Waals surface area contributed by atoms with Gasteiger partial charge < -0.3 is 10.6 Å². The summed E-state index contributed by atoms with van der Waals surface area (Å²) in [5.74, 6) is 1.08. The maximum atomic E-state index is 5.73. The molecule has 2 N–H and O–H groups in total. The van der Waals surface area contributed by atoms with Gasteiger partial charge in [0.1, 0.15) is 0 Å². The van der Waals surface area contributed by atoms with E-state index in [2.05, 4.69) is 46.1 Å². The lowest BCUT2D eigenvalue weighted by Crippen LogP contribution is -2.42. The molecule has 0 aromatic heterocycles. The fourth-order valence-corrected chi connectivity index (χ4v) is 3.74. The van der Waals surface area contributed by atoms with Crippen molar-refractivity contribution in [3.8, 4) is 0 Å². The van der Waals surface area contributed by atoms with Crippen molar-refractivity contribution in [1.29, 1.82) is 0 Å². The van der Waals surface area contributed by atoms with E-state index in [-0.39, 0.29) is 0 Å². The Labute approximate surface area is 97.0 Å². The van der Waals surface area contributed by atoms with E-state index in [1.807, 2.05) is 11.8 Å². The summed E-state index contributed by atoms with van der Waals surface area (Å²) in [5, 5.41) is 0. The van der Waals surface area contributed by atoms with Gasteiger partial charge in [0, 0.05) is 28.7 Å². The van der Waals surface area contributed by atoms with Crippen LogP contribution in [0, 0.1) is 0 Å². The molecule has 2 nitrogen and oxygen atoms in total. The highest BCUT2D eigenvalue weighted by atomic mass is 79.9. The fraction of sp³-hybridized carbons (Fsp3) is 0.400. The van der Waals surface area contributed by atoms with Crippen molar-refractivity contribution in [2.75, 3.05) is 24.2 Å². The topological polar surface area (TPSA) is 29.3 Å². The largest absolute Gasteiger partial charge is 0.368 e. The zero-order chi connectivity index (χ0) is 10.1. The van der Waals surface area contributed by atoms with Crippen LogP contribution in [-0.4, -0.2) is 25.4 Å². The first-order chi connectivity index (χ1) is 6.74. The van der Waals surface area contributed by atoms with E-state index in [0.29, 0.717) is 12.6 Å². The molecule has 0 fully saturated rings. The van der Waals surface area contributed by atoms with Crippen LogP contribution in [0.25, 0.3) is 0 Å². The van der Waals surface area contributed by atoms with Gasteiger partial charge in [-0.1, -0.05) is 6.07 Å². The predicted molar refractivity (Wildman–Crippen MR) is 66.1 cm³/mol. The van der Waals surface area contributed by atoms with Gasteiger partial charge >= 0.3 is 0 Å². The second kappa shape index (κ2) is 4.13. The van der Waals surface area contributed by atoms with Crippen LogP contribution in [0.3, 0.4) is 0 Å². The average Bonchev–Trinajstić information content (AvgIpc) is 2.18. The molecule has 1 aliphatic heterocycles. The summed E-state index contributed by atoms with van der Waals surface area (Å²) < 4.78 is 1.16. The number of benzene rings is 1. The molecule has 76 valence electrons. The van der Waals surface area contributed by atoms with E-state index in [0.717, 1.165) is 10.2 Å². The monoisotopic (exact) mass is 272 g/mol. The molecule has 1 heterocycles. The first kappa shape index (κ1) is 10.3. The summed E-state index contributed by atoms with van der Waals surface area (Å²) in [6.45, 7) is 0.713. The Hall–Kier alpha value is -0.190. The molecule has 0 bridgehead atoms. The second-order valence-corrected chi connectivity index (χ2v) is 5.31. The molecule has 1 aliphatic rings. The Balaban J connectivity index is 2.43. The number of rotatable bonds is 1. The average molecular weight is 273 g/mol. The number of likely N-dealkylation sites (N-methyl/N-ethyl adjacent to an activating group) is 1. The van der Waals surface area contributed by atoms with Gasteiger partial charge in [0.15, 0.2) is 0 Å². The number of hydrogen-bond donors (Lipinski definition) is 1. The van der Waals surface area contributed by atoms with Gasteiger partial charge in [-0.15, -0.1) is 11.8 Å². The Bertz CT molecular complexity index is 343. The Morgan fingerprint density at radius 1 is 1.64 bits per heavy atom. The van der Waals surface area contributed by atoms with Crippen LogP contribution in [0.1, 0.15) is 0 Å². The molecule has 14 heavy (non-hydrogen) atoms. The van der Waals surface area contributed by atoms with Gasteiger partial charge in [0.25, 0.3) is 0 Å². The minimum Gasteiger partial charge on any atom is -0.368 e. The van der Waals surface area contributed by atoms with Crippen molar-refractivity contribution < 1.29 is 0 Å². The number of thioether (sulfide) groups is 1. The van der Waals surface area contributed by atoms with Crippen LogP contribution in [0.4, 0.5) is 5.69 Å². The first-order valence-corrected chi connectivity index (χ1v) is 6.36. The summed E-state index contributed by atoms with van der Waals surface area (Å²) in [4.78, 5) is 3.61. The first-order valence-electron chi connectivity index (χ1n) is 4.58. The molecule has 1 aromatic rings. The Kier molecular flexibility index (Phi) is 3.04. The van der Waals surface area contributed by atoms with E-state index < -0.39 is 0 Å². The van der Waals surface area contributed by atoms with Gasteiger partial charge in [-0.2, -0.15) is 0 Å². The molecular formula is C10H13BrN2S. The molecule has 0 aliphatic carbocycles. The van der Waals surface area contributed by atoms with E-state index in [9.17, 15) is 0 Å². The third-order valence-electron chi connectivity index (χ3n) is 2.55. The fourth-order valence-electron chi connectivity index (χ4n) is 1.66. The zero-order valence-electron chi connectivity index (χ0n) is 8.03. The van der Waals surface area contributed by atoms with Crippen LogP contribution in [0.2, 0.25) is 0 Å². The molecule has 4 heteroatoms. The summed E-state index contributed by atoms with van der Waals surface area (Å²) in [5.41, 5.74) is 7.01. The lowest BCUT2D eigenvalue weighted by molar-refractivity contribution is 0.690. The van der Waals surface area contributed by atoms with Crippen LogP contribution >= 0.6 is 27.7 Å². The molecule has 1 aromatic carbocycles. The highest BCUT2D eigenvalue weighted by Gasteiger charge is 2.24. The summed E-state index contributed by atoms with van der Waals surface area (Å²) in [7, 11) is 2.11. The smallest absolute Gasteiger partial charge is 0.0649 e. The maximum Gasteiger partial charge on any atom is 0.0649 e. The van der Waals surface area contributed by atoms with Crippen molar-refractivity contribution in [2.24, 2.45) is 5.73 Å². The van der Waals surface area contributed by atoms with Gasteiger partial charge in [-0.3, -0.25) is 0 Å². The SMILES string of the molecule is CN1c2c(Br)cccc2SCC1CN. The molecular weight excluding hydrogens is 260 g/mol. The normalized spacial score (nSPS) is 20.8. The summed E-state index contributed by atoms with van der Waals surface area (Å²) in [6, 6.07) is 6.76. The van der Waals surface area contributed by atoms with Crippen LogP contribution in [0.5, 0.6) is 0 Å². The highest BCUT2D eigenvalue weighted by Crippen LogP contribution is 2.40. The molecule has 2 rings (SSSR count). The molecule has 0 amide bonds. The lowest BCUT2D eigenvalue weighted by atomic mass is 10.2. The zero-order valence-corrected chi connectivity index (χ0v) is 10.4. The van der Waals surface area contributed by atoms with Gasteiger partial charge in [0.05, 0.1) is 11.7 Å². The Morgan fingerprint density at radius 2 is 2.43 bits per heavy atom. The van der Waals surface area contributed by atoms with E-state index >= 15 is 0 Å². The van der Waals surface area contributed by atoms with Crippen molar-refractivity contribution >= 4 is 33.4 Å². The van der Waals surface area contributed by atoms with Crippen LogP contribution in [-0.2, 0) is 0 Å². The summed E-state index contributed by atoms with van der Waals surface area (Å²) >= 11 is 5.47. The van der Waals surface area contributed by atoms with E-state index in [1.54, 1.807) is 0 Å². The molecule has 0 radical (unpaired) electrons. The van der Waals surface area contributed by atoms with Gasteiger partial charge in [-0.25, -0.2) is 0 Å². The third-order valence-corrected chi connectivity index (χ3v) is 4.39. The van der Waals surface area contributed by atoms with Gasteiger partial charge in [-0.05, 0) is 28.1 Å². The van der Waals surface area contributed by atoms with Crippen molar-refractivity contribution in [3.05, 3.63) is 22.7 Å². The van der Waals surface area contributed by atoms with E-state index in [4.69, 9.17) is 5.73 Å². The van der Waals surface area contributed by atoms with Crippen molar-refractivity contribution in [2.45, 2.75) is 10.9 Å². The van der Waals surface area contributed by atoms with Gasteiger partial charge in [0.2, 0.25) is 0 Å². The third kappa shape index (κ3) is 1.66.